The Morgan fingerprint density at radius 1 is 1.57 bits per heavy atom. The number of aromatic hydroxyl groups is 1. The molecule has 80 valence electrons. The van der Waals surface area contributed by atoms with Crippen LogP contribution in [0.1, 0.15) is 24.9 Å². The van der Waals surface area contributed by atoms with E-state index in [4.69, 9.17) is 17.3 Å². The minimum Gasteiger partial charge on any atom is -0.505 e. The summed E-state index contributed by atoms with van der Waals surface area (Å²) in [6.45, 7) is 1.84. The largest absolute Gasteiger partial charge is 0.505 e. The average Bonchev–Trinajstić information content (AvgIpc) is 2.12. The summed E-state index contributed by atoms with van der Waals surface area (Å²) >= 11 is 5.77. The van der Waals surface area contributed by atoms with E-state index in [-0.39, 0.29) is 18.0 Å². The van der Waals surface area contributed by atoms with Crippen molar-refractivity contribution in [2.75, 3.05) is 0 Å². The quantitative estimate of drug-likeness (QED) is 0.834. The van der Waals surface area contributed by atoms with Crippen molar-refractivity contribution in [1.82, 2.24) is 0 Å². The third-order valence-corrected chi connectivity index (χ3v) is 2.25. The number of hydrogen-bond donors (Lipinski definition) is 2. The van der Waals surface area contributed by atoms with Gasteiger partial charge in [-0.3, -0.25) is 0 Å². The topological polar surface area (TPSA) is 46.2 Å². The first-order valence-electron chi connectivity index (χ1n) is 4.00. The first-order chi connectivity index (χ1) is 6.07. The molecule has 0 aromatic heterocycles. The van der Waals surface area contributed by atoms with Crippen molar-refractivity contribution in [3.8, 4) is 5.75 Å². The number of nitrogens with two attached hydrogens (primary N) is 1. The fourth-order valence-corrected chi connectivity index (χ4v) is 1.41. The minimum atomic E-state index is -0.691. The Bertz CT molecular complexity index is 320. The predicted octanol–water partition coefficient (Wildman–Crippen LogP) is 3.02. The minimum absolute atomic E-state index is 0. The lowest BCUT2D eigenvalue weighted by molar-refractivity contribution is 0.420. The summed E-state index contributed by atoms with van der Waals surface area (Å²) in [6, 6.07) is 2.08. The van der Waals surface area contributed by atoms with E-state index < -0.39 is 17.6 Å². The third-order valence-electron chi connectivity index (χ3n) is 1.93. The number of hydrogen-bond acceptors (Lipinski definition) is 2. The van der Waals surface area contributed by atoms with Crippen LogP contribution < -0.4 is 5.73 Å². The molecule has 5 heteroatoms. The molecule has 0 heterocycles. The van der Waals surface area contributed by atoms with E-state index >= 15 is 0 Å². The second-order valence-electron chi connectivity index (χ2n) is 2.81. The van der Waals surface area contributed by atoms with Crippen molar-refractivity contribution in [2.45, 2.75) is 19.4 Å². The Labute approximate surface area is 93.3 Å². The predicted molar refractivity (Wildman–Crippen MR) is 57.5 cm³/mol. The molecular weight excluding hydrogens is 228 g/mol. The Balaban J connectivity index is 0.00000169. The van der Waals surface area contributed by atoms with E-state index in [9.17, 15) is 9.50 Å². The highest BCUT2D eigenvalue weighted by Crippen LogP contribution is 2.33. The van der Waals surface area contributed by atoms with Gasteiger partial charge < -0.3 is 10.8 Å². The van der Waals surface area contributed by atoms with Crippen LogP contribution in [0.15, 0.2) is 12.1 Å². The first-order valence-corrected chi connectivity index (χ1v) is 4.38. The molecule has 0 aliphatic carbocycles. The molecule has 0 saturated heterocycles. The highest BCUT2D eigenvalue weighted by molar-refractivity contribution is 6.31. The lowest BCUT2D eigenvalue weighted by Gasteiger charge is -2.13. The Hall–Kier alpha value is -0.510. The van der Waals surface area contributed by atoms with Gasteiger partial charge in [0.1, 0.15) is 0 Å². The standard InChI is InChI=1S/C9H11ClFNO.ClH/c1-2-7(12)8-5(10)3-4-6(11)9(8)13;/h3-4,7,13H,2,12H2,1H3;1H/t7-;/m1./s1. The van der Waals surface area contributed by atoms with Crippen LogP contribution in [0.25, 0.3) is 0 Å². The fourth-order valence-electron chi connectivity index (χ4n) is 1.11. The van der Waals surface area contributed by atoms with Crippen molar-refractivity contribution in [3.05, 3.63) is 28.5 Å². The molecular formula is C9H12Cl2FNO. The van der Waals surface area contributed by atoms with E-state index in [1.165, 1.54) is 6.07 Å². The van der Waals surface area contributed by atoms with E-state index in [1.807, 2.05) is 6.92 Å². The molecule has 1 atom stereocenters. The molecule has 0 bridgehead atoms. The van der Waals surface area contributed by atoms with E-state index in [1.54, 1.807) is 0 Å². The number of halogens is 3. The van der Waals surface area contributed by atoms with Crippen LogP contribution in [-0.4, -0.2) is 5.11 Å². The molecule has 0 aliphatic heterocycles. The monoisotopic (exact) mass is 239 g/mol. The van der Waals surface area contributed by atoms with Gasteiger partial charge in [0.05, 0.1) is 0 Å². The van der Waals surface area contributed by atoms with Crippen LogP contribution >= 0.6 is 24.0 Å². The summed E-state index contributed by atoms with van der Waals surface area (Å²) in [4.78, 5) is 0. The molecule has 2 nitrogen and oxygen atoms in total. The smallest absolute Gasteiger partial charge is 0.165 e. The van der Waals surface area contributed by atoms with Gasteiger partial charge in [-0.15, -0.1) is 12.4 Å². The van der Waals surface area contributed by atoms with E-state index in [0.29, 0.717) is 11.4 Å². The van der Waals surface area contributed by atoms with Crippen molar-refractivity contribution in [1.29, 1.82) is 0 Å². The molecule has 0 radical (unpaired) electrons. The van der Waals surface area contributed by atoms with Gasteiger partial charge in [0.25, 0.3) is 0 Å². The number of benzene rings is 1. The average molecular weight is 240 g/mol. The third kappa shape index (κ3) is 2.50. The van der Waals surface area contributed by atoms with Crippen LogP contribution in [-0.2, 0) is 0 Å². The number of phenolic OH excluding ortho intramolecular Hbond substituents is 1. The Morgan fingerprint density at radius 3 is 2.64 bits per heavy atom. The Kier molecular flexibility index (Phi) is 5.19. The summed E-state index contributed by atoms with van der Waals surface area (Å²) in [5.74, 6) is -1.13. The van der Waals surface area contributed by atoms with E-state index in [0.717, 1.165) is 6.07 Å². The van der Waals surface area contributed by atoms with Crippen molar-refractivity contribution >= 4 is 24.0 Å². The zero-order chi connectivity index (χ0) is 10.0. The number of phenols is 1. The normalized spacial score (nSPS) is 12.0. The summed E-state index contributed by atoms with van der Waals surface area (Å²) in [7, 11) is 0. The van der Waals surface area contributed by atoms with Gasteiger partial charge in [-0.2, -0.15) is 0 Å². The SMILES string of the molecule is CC[C@@H](N)c1c(Cl)ccc(F)c1O.Cl. The van der Waals surface area contributed by atoms with Gasteiger partial charge in [0.15, 0.2) is 11.6 Å². The molecule has 0 fully saturated rings. The lowest BCUT2D eigenvalue weighted by atomic mass is 10.0. The Morgan fingerprint density at radius 2 is 2.14 bits per heavy atom. The summed E-state index contributed by atoms with van der Waals surface area (Å²) in [5, 5.41) is 9.64. The first kappa shape index (κ1) is 13.5. The molecule has 0 amide bonds. The maximum absolute atomic E-state index is 12.9. The molecule has 1 rings (SSSR count). The maximum Gasteiger partial charge on any atom is 0.165 e. The fraction of sp³-hybridized carbons (Fsp3) is 0.333. The van der Waals surface area contributed by atoms with Crippen LogP contribution in [0.3, 0.4) is 0 Å². The van der Waals surface area contributed by atoms with Crippen LogP contribution in [0.2, 0.25) is 5.02 Å². The second kappa shape index (κ2) is 5.39. The summed E-state index contributed by atoms with van der Waals surface area (Å²) in [5.41, 5.74) is 5.94. The van der Waals surface area contributed by atoms with Crippen molar-refractivity contribution < 1.29 is 9.50 Å². The molecule has 14 heavy (non-hydrogen) atoms. The highest BCUT2D eigenvalue weighted by Gasteiger charge is 2.16. The van der Waals surface area contributed by atoms with Crippen molar-refractivity contribution in [2.24, 2.45) is 5.73 Å². The van der Waals surface area contributed by atoms with Gasteiger partial charge in [0, 0.05) is 16.6 Å². The highest BCUT2D eigenvalue weighted by atomic mass is 35.5. The zero-order valence-electron chi connectivity index (χ0n) is 7.63. The van der Waals surface area contributed by atoms with Gasteiger partial charge in [-0.25, -0.2) is 4.39 Å². The molecule has 0 spiro atoms. The van der Waals surface area contributed by atoms with Gasteiger partial charge in [-0.05, 0) is 18.6 Å². The van der Waals surface area contributed by atoms with Gasteiger partial charge in [-0.1, -0.05) is 18.5 Å². The molecule has 0 unspecified atom stereocenters. The molecule has 1 aromatic carbocycles. The van der Waals surface area contributed by atoms with Gasteiger partial charge >= 0.3 is 0 Å². The number of rotatable bonds is 2. The summed E-state index contributed by atoms with van der Waals surface area (Å²) in [6.07, 6.45) is 0.594. The molecule has 1 aromatic rings. The zero-order valence-corrected chi connectivity index (χ0v) is 9.20. The molecule has 0 aliphatic rings. The van der Waals surface area contributed by atoms with Crippen LogP contribution in [0.5, 0.6) is 5.75 Å². The molecule has 0 saturated carbocycles. The maximum atomic E-state index is 12.9. The lowest BCUT2D eigenvalue weighted by Crippen LogP contribution is -2.10. The van der Waals surface area contributed by atoms with E-state index in [2.05, 4.69) is 0 Å². The summed E-state index contributed by atoms with van der Waals surface area (Å²) < 4.78 is 12.9. The second-order valence-corrected chi connectivity index (χ2v) is 3.21. The van der Waals surface area contributed by atoms with Gasteiger partial charge in [0.2, 0.25) is 0 Å². The van der Waals surface area contributed by atoms with Crippen LogP contribution in [0, 0.1) is 5.82 Å². The van der Waals surface area contributed by atoms with Crippen molar-refractivity contribution in [3.63, 3.8) is 0 Å². The molecule has 3 N–H and O–H groups in total. The van der Waals surface area contributed by atoms with Crippen LogP contribution in [0.4, 0.5) is 4.39 Å².